The van der Waals surface area contributed by atoms with Gasteiger partial charge in [0.1, 0.15) is 0 Å². The molecule has 2 heteroatoms. The molecule has 1 nitrogen and oxygen atoms in total. The van der Waals surface area contributed by atoms with Crippen LogP contribution in [0.15, 0.2) is 18.2 Å². The molecule has 0 aliphatic carbocycles. The maximum absolute atomic E-state index is 6.02. The smallest absolute Gasteiger partial charge is 0.0408 e. The number of piperidine rings is 1. The summed E-state index contributed by atoms with van der Waals surface area (Å²) in [6.07, 6.45) is 3.78. The maximum atomic E-state index is 6.02. The summed E-state index contributed by atoms with van der Waals surface area (Å²) >= 11 is 6.02. The van der Waals surface area contributed by atoms with E-state index in [1.165, 1.54) is 43.5 Å². The topological polar surface area (TPSA) is 12.0 Å². The minimum Gasteiger partial charge on any atom is -0.317 e. The Bertz CT molecular complexity index is 329. The van der Waals surface area contributed by atoms with Crippen LogP contribution in [-0.2, 0) is 6.42 Å². The van der Waals surface area contributed by atoms with Crippen LogP contribution in [0.5, 0.6) is 0 Å². The van der Waals surface area contributed by atoms with E-state index in [-0.39, 0.29) is 0 Å². The van der Waals surface area contributed by atoms with E-state index in [4.69, 9.17) is 11.6 Å². The fourth-order valence-electron chi connectivity index (χ4n) is 2.26. The number of aryl methyl sites for hydroxylation is 1. The molecule has 1 fully saturated rings. The Kier molecular flexibility index (Phi) is 3.66. The molecule has 15 heavy (non-hydrogen) atoms. The number of rotatable bonds is 2. The van der Waals surface area contributed by atoms with Crippen LogP contribution in [0.25, 0.3) is 0 Å². The average Bonchev–Trinajstić information content (AvgIpc) is 2.25. The van der Waals surface area contributed by atoms with Crippen molar-refractivity contribution >= 4 is 11.6 Å². The standard InChI is InChI=1S/C13H18ClN/c1-10-2-3-13(14)9-12(10)8-11-4-6-15-7-5-11/h2-3,9,11,15H,4-8H2,1H3. The molecule has 1 aliphatic rings. The second-order valence-electron chi connectivity index (χ2n) is 4.47. The molecule has 0 amide bonds. The van der Waals surface area contributed by atoms with E-state index in [0.29, 0.717) is 0 Å². The van der Waals surface area contributed by atoms with E-state index in [0.717, 1.165) is 10.9 Å². The Morgan fingerprint density at radius 2 is 2.07 bits per heavy atom. The van der Waals surface area contributed by atoms with Crippen LogP contribution >= 0.6 is 11.6 Å². The highest BCUT2D eigenvalue weighted by Gasteiger charge is 2.14. The quantitative estimate of drug-likeness (QED) is 0.812. The molecule has 82 valence electrons. The molecule has 0 spiro atoms. The summed E-state index contributed by atoms with van der Waals surface area (Å²) in [5, 5.41) is 4.27. The van der Waals surface area contributed by atoms with Crippen LogP contribution in [0.2, 0.25) is 5.02 Å². The molecule has 1 aromatic rings. The SMILES string of the molecule is Cc1ccc(Cl)cc1CC1CCNCC1. The highest BCUT2D eigenvalue weighted by molar-refractivity contribution is 6.30. The van der Waals surface area contributed by atoms with E-state index in [2.05, 4.69) is 24.4 Å². The summed E-state index contributed by atoms with van der Waals surface area (Å²) < 4.78 is 0. The van der Waals surface area contributed by atoms with Crippen molar-refractivity contribution in [3.63, 3.8) is 0 Å². The zero-order valence-electron chi connectivity index (χ0n) is 9.22. The van der Waals surface area contributed by atoms with Crippen LogP contribution < -0.4 is 5.32 Å². The number of hydrogen-bond acceptors (Lipinski definition) is 1. The van der Waals surface area contributed by atoms with Crippen molar-refractivity contribution in [2.45, 2.75) is 26.2 Å². The molecule has 1 aromatic carbocycles. The zero-order valence-corrected chi connectivity index (χ0v) is 9.98. The van der Waals surface area contributed by atoms with Crippen molar-refractivity contribution in [2.24, 2.45) is 5.92 Å². The van der Waals surface area contributed by atoms with Gasteiger partial charge in [-0.1, -0.05) is 17.7 Å². The molecule has 0 saturated carbocycles. The normalized spacial score (nSPS) is 18.0. The molecule has 0 bridgehead atoms. The lowest BCUT2D eigenvalue weighted by Crippen LogP contribution is -2.28. The van der Waals surface area contributed by atoms with Gasteiger partial charge in [-0.2, -0.15) is 0 Å². The largest absolute Gasteiger partial charge is 0.317 e. The first-order valence-electron chi connectivity index (χ1n) is 5.71. The Hall–Kier alpha value is -0.530. The van der Waals surface area contributed by atoms with Gasteiger partial charge in [0.2, 0.25) is 0 Å². The summed E-state index contributed by atoms with van der Waals surface area (Å²) in [5.41, 5.74) is 2.80. The third-order valence-electron chi connectivity index (χ3n) is 3.28. The predicted octanol–water partition coefficient (Wildman–Crippen LogP) is 3.19. The average molecular weight is 224 g/mol. The zero-order chi connectivity index (χ0) is 10.7. The maximum Gasteiger partial charge on any atom is 0.0408 e. The first-order valence-corrected chi connectivity index (χ1v) is 6.09. The van der Waals surface area contributed by atoms with Crippen molar-refractivity contribution in [1.29, 1.82) is 0 Å². The molecule has 0 unspecified atom stereocenters. The van der Waals surface area contributed by atoms with Gasteiger partial charge in [-0.15, -0.1) is 0 Å². The number of benzene rings is 1. The van der Waals surface area contributed by atoms with E-state index in [1.54, 1.807) is 0 Å². The minimum absolute atomic E-state index is 0.836. The van der Waals surface area contributed by atoms with Crippen LogP contribution in [0, 0.1) is 12.8 Å². The summed E-state index contributed by atoms with van der Waals surface area (Å²) in [7, 11) is 0. The van der Waals surface area contributed by atoms with Gasteiger partial charge in [-0.05, 0) is 68.5 Å². The van der Waals surface area contributed by atoms with Gasteiger partial charge in [-0.25, -0.2) is 0 Å². The molecule has 1 N–H and O–H groups in total. The summed E-state index contributed by atoms with van der Waals surface area (Å²) in [4.78, 5) is 0. The van der Waals surface area contributed by atoms with Crippen molar-refractivity contribution < 1.29 is 0 Å². The van der Waals surface area contributed by atoms with Gasteiger partial charge in [0.05, 0.1) is 0 Å². The highest BCUT2D eigenvalue weighted by atomic mass is 35.5. The summed E-state index contributed by atoms with van der Waals surface area (Å²) in [6, 6.07) is 6.22. The van der Waals surface area contributed by atoms with E-state index in [9.17, 15) is 0 Å². The summed E-state index contributed by atoms with van der Waals surface area (Å²) in [6.45, 7) is 4.52. The molecular formula is C13H18ClN. The predicted molar refractivity (Wildman–Crippen MR) is 65.5 cm³/mol. The first-order chi connectivity index (χ1) is 7.25. The van der Waals surface area contributed by atoms with Crippen LogP contribution in [0.1, 0.15) is 24.0 Å². The molecule has 0 aromatic heterocycles. The van der Waals surface area contributed by atoms with Crippen LogP contribution in [0.3, 0.4) is 0 Å². The minimum atomic E-state index is 0.836. The van der Waals surface area contributed by atoms with Crippen molar-refractivity contribution in [2.75, 3.05) is 13.1 Å². The van der Waals surface area contributed by atoms with E-state index in [1.807, 2.05) is 6.07 Å². The van der Waals surface area contributed by atoms with Crippen molar-refractivity contribution in [3.8, 4) is 0 Å². The van der Waals surface area contributed by atoms with Crippen molar-refractivity contribution in [3.05, 3.63) is 34.3 Å². The molecule has 0 atom stereocenters. The third kappa shape index (κ3) is 2.96. The monoisotopic (exact) mass is 223 g/mol. The Morgan fingerprint density at radius 3 is 2.80 bits per heavy atom. The lowest BCUT2D eigenvalue weighted by molar-refractivity contribution is 0.372. The Balaban J connectivity index is 2.05. The van der Waals surface area contributed by atoms with E-state index < -0.39 is 0 Å². The Labute approximate surface area is 96.8 Å². The molecule has 0 radical (unpaired) electrons. The fourth-order valence-corrected chi connectivity index (χ4v) is 2.45. The third-order valence-corrected chi connectivity index (χ3v) is 3.51. The first kappa shape index (κ1) is 11.0. The Morgan fingerprint density at radius 1 is 1.33 bits per heavy atom. The lowest BCUT2D eigenvalue weighted by atomic mass is 9.89. The van der Waals surface area contributed by atoms with Gasteiger partial charge in [0.25, 0.3) is 0 Å². The fraction of sp³-hybridized carbons (Fsp3) is 0.538. The van der Waals surface area contributed by atoms with Gasteiger partial charge in [-0.3, -0.25) is 0 Å². The van der Waals surface area contributed by atoms with E-state index >= 15 is 0 Å². The lowest BCUT2D eigenvalue weighted by Gasteiger charge is -2.23. The number of halogens is 1. The molecule has 1 heterocycles. The van der Waals surface area contributed by atoms with Crippen LogP contribution in [-0.4, -0.2) is 13.1 Å². The molecular weight excluding hydrogens is 206 g/mol. The van der Waals surface area contributed by atoms with Crippen molar-refractivity contribution in [1.82, 2.24) is 5.32 Å². The van der Waals surface area contributed by atoms with Gasteiger partial charge in [0, 0.05) is 5.02 Å². The highest BCUT2D eigenvalue weighted by Crippen LogP contribution is 2.22. The molecule has 2 rings (SSSR count). The van der Waals surface area contributed by atoms with Crippen LogP contribution in [0.4, 0.5) is 0 Å². The second-order valence-corrected chi connectivity index (χ2v) is 4.90. The van der Waals surface area contributed by atoms with Gasteiger partial charge < -0.3 is 5.32 Å². The van der Waals surface area contributed by atoms with Gasteiger partial charge in [0.15, 0.2) is 0 Å². The molecule has 1 saturated heterocycles. The summed E-state index contributed by atoms with van der Waals surface area (Å²) in [5.74, 6) is 0.836. The van der Waals surface area contributed by atoms with Gasteiger partial charge >= 0.3 is 0 Å². The number of nitrogens with one attached hydrogen (secondary N) is 1. The molecule has 1 aliphatic heterocycles. The number of hydrogen-bond donors (Lipinski definition) is 1. The second kappa shape index (κ2) is 5.00.